The van der Waals surface area contributed by atoms with E-state index in [1.807, 2.05) is 24.9 Å². The zero-order valence-electron chi connectivity index (χ0n) is 17.2. The van der Waals surface area contributed by atoms with Crippen molar-refractivity contribution in [2.45, 2.75) is 58.0 Å². The molecule has 1 N–H and O–H groups in total. The third-order valence-corrected chi connectivity index (χ3v) is 6.56. The van der Waals surface area contributed by atoms with E-state index in [0.29, 0.717) is 24.4 Å². The molecule has 154 valence electrons. The van der Waals surface area contributed by atoms with Crippen LogP contribution in [-0.4, -0.2) is 76.0 Å². The Morgan fingerprint density at radius 3 is 2.54 bits per heavy atom. The Kier molecular flexibility index (Phi) is 5.71. The average molecular weight is 388 g/mol. The van der Waals surface area contributed by atoms with Gasteiger partial charge in [0.15, 0.2) is 0 Å². The summed E-state index contributed by atoms with van der Waals surface area (Å²) in [6.07, 6.45) is 6.30. The Labute approximate surface area is 167 Å². The summed E-state index contributed by atoms with van der Waals surface area (Å²) >= 11 is 0. The Hall–Kier alpha value is -1.89. The van der Waals surface area contributed by atoms with Crippen molar-refractivity contribution in [1.82, 2.24) is 24.9 Å². The monoisotopic (exact) mass is 387 g/mol. The number of nitrogens with one attached hydrogen (secondary N) is 1. The summed E-state index contributed by atoms with van der Waals surface area (Å²) in [6, 6.07) is 2.51. The second-order valence-corrected chi connectivity index (χ2v) is 8.90. The average Bonchev–Trinajstić information content (AvgIpc) is 3.49. The molecule has 0 aromatic carbocycles. The second-order valence-electron chi connectivity index (χ2n) is 8.90. The maximum absolute atomic E-state index is 13.0. The van der Waals surface area contributed by atoms with Crippen LogP contribution in [0.15, 0.2) is 6.07 Å². The molecule has 0 radical (unpaired) electrons. The zero-order valence-corrected chi connectivity index (χ0v) is 17.2. The van der Waals surface area contributed by atoms with E-state index >= 15 is 0 Å². The van der Waals surface area contributed by atoms with Gasteiger partial charge >= 0.3 is 0 Å². The molecular weight excluding hydrogens is 354 g/mol. The summed E-state index contributed by atoms with van der Waals surface area (Å²) in [6.45, 7) is 6.22. The highest BCUT2D eigenvalue weighted by molar-refractivity contribution is 5.81. The molecule has 7 heteroatoms. The number of hydrogen-bond acceptors (Lipinski definition) is 4. The van der Waals surface area contributed by atoms with Gasteiger partial charge in [-0.15, -0.1) is 0 Å². The summed E-state index contributed by atoms with van der Waals surface area (Å²) in [5.74, 6) is 0.999. The second kappa shape index (κ2) is 8.23. The fourth-order valence-electron chi connectivity index (χ4n) is 4.77. The van der Waals surface area contributed by atoms with Gasteiger partial charge in [-0.1, -0.05) is 0 Å². The van der Waals surface area contributed by atoms with Gasteiger partial charge < -0.3 is 9.80 Å². The summed E-state index contributed by atoms with van der Waals surface area (Å²) in [4.78, 5) is 31.6. The molecule has 1 aromatic heterocycles. The van der Waals surface area contributed by atoms with Crippen LogP contribution in [0.25, 0.3) is 0 Å². The van der Waals surface area contributed by atoms with E-state index in [0.717, 1.165) is 76.1 Å². The number of rotatable bonds is 5. The van der Waals surface area contributed by atoms with Gasteiger partial charge in [-0.05, 0) is 58.1 Å². The number of nitrogens with zero attached hydrogens (tertiary/aromatic N) is 4. The lowest BCUT2D eigenvalue weighted by Gasteiger charge is -2.42. The SMILES string of the molecule is Cc1cc(CN(C)C(=O)[C@@H]2CCCN(C3CCN(C(=O)C4CC4)CC3)C2)n[nH]1. The standard InChI is InChI=1S/C21H33N5O2/c1-15-12-18(23-22-15)14-24(2)20(27)17-4-3-9-26(13-17)19-7-10-25(11-8-19)21(28)16-5-6-16/h12,16-17,19H,3-11,13-14H2,1-2H3,(H,22,23)/t17-/m1/s1. The molecule has 3 heterocycles. The van der Waals surface area contributed by atoms with Crippen molar-refractivity contribution < 1.29 is 9.59 Å². The van der Waals surface area contributed by atoms with Gasteiger partial charge in [0.05, 0.1) is 18.2 Å². The molecule has 2 saturated heterocycles. The number of carbonyl (C=O) groups excluding carboxylic acids is 2. The van der Waals surface area contributed by atoms with Crippen LogP contribution in [0.1, 0.15) is 49.9 Å². The van der Waals surface area contributed by atoms with Gasteiger partial charge in [-0.2, -0.15) is 5.10 Å². The zero-order chi connectivity index (χ0) is 19.7. The highest BCUT2D eigenvalue weighted by Gasteiger charge is 2.37. The van der Waals surface area contributed by atoms with E-state index < -0.39 is 0 Å². The largest absolute Gasteiger partial charge is 0.342 e. The molecule has 0 bridgehead atoms. The first-order chi connectivity index (χ1) is 13.5. The Morgan fingerprint density at radius 2 is 1.89 bits per heavy atom. The Morgan fingerprint density at radius 1 is 1.14 bits per heavy atom. The maximum atomic E-state index is 13.0. The molecule has 3 fully saturated rings. The topological polar surface area (TPSA) is 72.5 Å². The van der Waals surface area contributed by atoms with E-state index in [1.54, 1.807) is 0 Å². The molecule has 2 amide bonds. The Bertz CT molecular complexity index is 705. The van der Waals surface area contributed by atoms with Gasteiger partial charge in [0.25, 0.3) is 0 Å². The molecule has 1 aromatic rings. The summed E-state index contributed by atoms with van der Waals surface area (Å²) in [5, 5.41) is 7.19. The molecular formula is C21H33N5O2. The number of piperidine rings is 2. The van der Waals surface area contributed by atoms with Crippen LogP contribution < -0.4 is 0 Å². The van der Waals surface area contributed by atoms with E-state index in [9.17, 15) is 9.59 Å². The normalized spacial score (nSPS) is 24.4. The molecule has 0 unspecified atom stereocenters. The molecule has 7 nitrogen and oxygen atoms in total. The van der Waals surface area contributed by atoms with Crippen molar-refractivity contribution in [3.63, 3.8) is 0 Å². The molecule has 4 rings (SSSR count). The minimum atomic E-state index is 0.0740. The van der Waals surface area contributed by atoms with Gasteiger partial charge in [0.2, 0.25) is 11.8 Å². The number of likely N-dealkylation sites (tertiary alicyclic amines) is 2. The first-order valence-corrected chi connectivity index (χ1v) is 10.8. The summed E-state index contributed by atoms with van der Waals surface area (Å²) in [5.41, 5.74) is 1.93. The third kappa shape index (κ3) is 4.40. The number of hydrogen-bond donors (Lipinski definition) is 1. The lowest BCUT2D eigenvalue weighted by atomic mass is 9.92. The first kappa shape index (κ1) is 19.4. The number of amides is 2. The van der Waals surface area contributed by atoms with Crippen LogP contribution in [0.4, 0.5) is 0 Å². The quantitative estimate of drug-likeness (QED) is 0.836. The van der Waals surface area contributed by atoms with E-state index in [-0.39, 0.29) is 11.8 Å². The van der Waals surface area contributed by atoms with Crippen LogP contribution >= 0.6 is 0 Å². The summed E-state index contributed by atoms with van der Waals surface area (Å²) in [7, 11) is 1.88. The van der Waals surface area contributed by atoms with Crippen LogP contribution in [0.5, 0.6) is 0 Å². The number of H-pyrrole nitrogens is 1. The first-order valence-electron chi connectivity index (χ1n) is 10.8. The molecule has 3 aliphatic rings. The van der Waals surface area contributed by atoms with Crippen molar-refractivity contribution in [3.05, 3.63) is 17.5 Å². The van der Waals surface area contributed by atoms with Gasteiger partial charge in [-0.3, -0.25) is 19.6 Å². The lowest BCUT2D eigenvalue weighted by molar-refractivity contribution is -0.137. The maximum Gasteiger partial charge on any atom is 0.227 e. The molecule has 1 saturated carbocycles. The van der Waals surface area contributed by atoms with Gasteiger partial charge in [0, 0.05) is 44.3 Å². The molecule has 1 atom stereocenters. The Balaban J connectivity index is 1.27. The molecule has 1 aliphatic carbocycles. The van der Waals surface area contributed by atoms with Gasteiger partial charge in [-0.25, -0.2) is 0 Å². The lowest BCUT2D eigenvalue weighted by Crippen LogP contribution is -2.51. The predicted octanol–water partition coefficient (Wildman–Crippen LogP) is 1.79. The van der Waals surface area contributed by atoms with Crippen molar-refractivity contribution in [1.29, 1.82) is 0 Å². The van der Waals surface area contributed by atoms with Crippen LogP contribution in [0, 0.1) is 18.8 Å². The molecule has 28 heavy (non-hydrogen) atoms. The van der Waals surface area contributed by atoms with Crippen LogP contribution in [-0.2, 0) is 16.1 Å². The van der Waals surface area contributed by atoms with Crippen molar-refractivity contribution in [2.24, 2.45) is 11.8 Å². The number of aromatic nitrogens is 2. The van der Waals surface area contributed by atoms with Crippen LogP contribution in [0.3, 0.4) is 0 Å². The summed E-state index contributed by atoms with van der Waals surface area (Å²) < 4.78 is 0. The highest BCUT2D eigenvalue weighted by Crippen LogP contribution is 2.32. The fraction of sp³-hybridized carbons (Fsp3) is 0.762. The predicted molar refractivity (Wildman–Crippen MR) is 106 cm³/mol. The van der Waals surface area contributed by atoms with E-state index in [4.69, 9.17) is 0 Å². The van der Waals surface area contributed by atoms with E-state index in [1.165, 1.54) is 0 Å². The fourth-order valence-corrected chi connectivity index (χ4v) is 4.77. The van der Waals surface area contributed by atoms with Gasteiger partial charge in [0.1, 0.15) is 0 Å². The van der Waals surface area contributed by atoms with Crippen molar-refractivity contribution in [3.8, 4) is 0 Å². The minimum Gasteiger partial charge on any atom is -0.342 e. The number of aryl methyl sites for hydroxylation is 1. The molecule has 0 spiro atoms. The number of aromatic amines is 1. The van der Waals surface area contributed by atoms with E-state index in [2.05, 4.69) is 20.0 Å². The number of carbonyl (C=O) groups is 2. The highest BCUT2D eigenvalue weighted by atomic mass is 16.2. The van der Waals surface area contributed by atoms with Crippen molar-refractivity contribution in [2.75, 3.05) is 33.2 Å². The smallest absolute Gasteiger partial charge is 0.227 e. The molecule has 2 aliphatic heterocycles. The van der Waals surface area contributed by atoms with Crippen LogP contribution in [0.2, 0.25) is 0 Å². The minimum absolute atomic E-state index is 0.0740. The third-order valence-electron chi connectivity index (χ3n) is 6.56. The van der Waals surface area contributed by atoms with Crippen molar-refractivity contribution >= 4 is 11.8 Å².